The van der Waals surface area contributed by atoms with Gasteiger partial charge in [-0.15, -0.1) is 0 Å². The Labute approximate surface area is 112 Å². The first-order chi connectivity index (χ1) is 9.02. The molecule has 0 atom stereocenters. The summed E-state index contributed by atoms with van der Waals surface area (Å²) < 4.78 is 5.29. The lowest BCUT2D eigenvalue weighted by Crippen LogP contribution is -2.29. The Morgan fingerprint density at radius 2 is 2.11 bits per heavy atom. The van der Waals surface area contributed by atoms with Crippen molar-refractivity contribution in [2.24, 2.45) is 0 Å². The summed E-state index contributed by atoms with van der Waals surface area (Å²) in [6, 6.07) is 5.32. The molecule has 0 saturated carbocycles. The van der Waals surface area contributed by atoms with Crippen LogP contribution in [0.4, 0.5) is 4.79 Å². The van der Waals surface area contributed by atoms with E-state index in [1.807, 2.05) is 0 Å². The highest BCUT2D eigenvalue weighted by Crippen LogP contribution is 2.23. The van der Waals surface area contributed by atoms with E-state index in [0.29, 0.717) is 24.4 Å². The van der Waals surface area contributed by atoms with Gasteiger partial charge in [-0.05, 0) is 25.1 Å². The Bertz CT molecular complexity index is 513. The molecule has 0 radical (unpaired) electrons. The number of nitrogens with zero attached hydrogens (tertiary/aromatic N) is 2. The quantitative estimate of drug-likeness (QED) is 0.777. The van der Waals surface area contributed by atoms with Gasteiger partial charge in [0.1, 0.15) is 5.75 Å². The first kappa shape index (κ1) is 13.4. The number of ether oxygens (including phenoxy) is 1. The summed E-state index contributed by atoms with van der Waals surface area (Å²) in [6.07, 6.45) is 0. The fourth-order valence-electron chi connectivity index (χ4n) is 2.18. The number of ketones is 1. The molecule has 1 aromatic rings. The fourth-order valence-corrected chi connectivity index (χ4v) is 2.18. The second-order valence-corrected chi connectivity index (χ2v) is 4.71. The van der Waals surface area contributed by atoms with E-state index in [9.17, 15) is 9.59 Å². The minimum absolute atomic E-state index is 0.00812. The number of urea groups is 1. The van der Waals surface area contributed by atoms with Crippen LogP contribution < -0.4 is 4.74 Å². The van der Waals surface area contributed by atoms with Crippen LogP contribution in [-0.4, -0.2) is 48.9 Å². The number of carbonyl (C=O) groups excluding carboxylic acids is 2. The number of methoxy groups -OCH3 is 1. The lowest BCUT2D eigenvalue weighted by molar-refractivity contribution is 0.101. The molecule has 0 bridgehead atoms. The summed E-state index contributed by atoms with van der Waals surface area (Å²) >= 11 is 0. The summed E-state index contributed by atoms with van der Waals surface area (Å²) in [5.41, 5.74) is 1.50. The average Bonchev–Trinajstić information content (AvgIpc) is 2.70. The summed E-state index contributed by atoms with van der Waals surface area (Å²) in [5.74, 6) is 0.709. The molecule has 1 heterocycles. The number of rotatable bonds is 4. The van der Waals surface area contributed by atoms with Crippen LogP contribution in [-0.2, 0) is 6.54 Å². The molecule has 0 spiro atoms. The normalized spacial score (nSPS) is 15.0. The largest absolute Gasteiger partial charge is 0.496 e. The van der Waals surface area contributed by atoms with E-state index in [1.54, 1.807) is 42.2 Å². The van der Waals surface area contributed by atoms with Gasteiger partial charge in [0.25, 0.3) is 0 Å². The lowest BCUT2D eigenvalue weighted by Gasteiger charge is -2.18. The van der Waals surface area contributed by atoms with Crippen LogP contribution >= 0.6 is 0 Å². The summed E-state index contributed by atoms with van der Waals surface area (Å²) in [4.78, 5) is 26.7. The predicted octanol–water partition coefficient (Wildman–Crippen LogP) is 1.77. The molecule has 1 saturated heterocycles. The Morgan fingerprint density at radius 1 is 1.37 bits per heavy atom. The van der Waals surface area contributed by atoms with Crippen molar-refractivity contribution in [3.63, 3.8) is 0 Å². The monoisotopic (exact) mass is 262 g/mol. The van der Waals surface area contributed by atoms with Gasteiger partial charge in [-0.3, -0.25) is 4.79 Å². The average molecular weight is 262 g/mol. The van der Waals surface area contributed by atoms with Crippen molar-refractivity contribution in [1.29, 1.82) is 0 Å². The molecule has 1 aliphatic heterocycles. The van der Waals surface area contributed by atoms with Crippen LogP contribution in [0.3, 0.4) is 0 Å². The number of carbonyl (C=O) groups is 2. The molecular formula is C14H18N2O3. The Balaban J connectivity index is 2.25. The summed E-state index contributed by atoms with van der Waals surface area (Å²) in [6.45, 7) is 3.42. The summed E-state index contributed by atoms with van der Waals surface area (Å²) in [7, 11) is 3.37. The highest BCUT2D eigenvalue weighted by atomic mass is 16.5. The van der Waals surface area contributed by atoms with Crippen LogP contribution in [0, 0.1) is 0 Å². The summed E-state index contributed by atoms with van der Waals surface area (Å²) in [5, 5.41) is 0. The molecule has 1 aromatic carbocycles. The fraction of sp³-hybridized carbons (Fsp3) is 0.429. The number of hydrogen-bond acceptors (Lipinski definition) is 3. The third kappa shape index (κ3) is 2.70. The molecular weight excluding hydrogens is 244 g/mol. The molecule has 2 rings (SSSR count). The highest BCUT2D eigenvalue weighted by molar-refractivity contribution is 5.94. The zero-order valence-electron chi connectivity index (χ0n) is 11.5. The smallest absolute Gasteiger partial charge is 0.320 e. The zero-order valence-corrected chi connectivity index (χ0v) is 11.5. The van der Waals surface area contributed by atoms with Crippen molar-refractivity contribution >= 4 is 11.8 Å². The topological polar surface area (TPSA) is 49.9 Å². The van der Waals surface area contributed by atoms with Crippen molar-refractivity contribution in [3.8, 4) is 5.75 Å². The van der Waals surface area contributed by atoms with Gasteiger partial charge in [-0.2, -0.15) is 0 Å². The van der Waals surface area contributed by atoms with Gasteiger partial charge in [0, 0.05) is 31.3 Å². The van der Waals surface area contributed by atoms with Crippen molar-refractivity contribution in [1.82, 2.24) is 9.80 Å². The van der Waals surface area contributed by atoms with Gasteiger partial charge in [-0.1, -0.05) is 0 Å². The first-order valence-corrected chi connectivity index (χ1v) is 6.21. The molecule has 102 valence electrons. The molecule has 0 unspecified atom stereocenters. The van der Waals surface area contributed by atoms with Crippen LogP contribution in [0.1, 0.15) is 22.8 Å². The van der Waals surface area contributed by atoms with Gasteiger partial charge in [0.15, 0.2) is 5.78 Å². The van der Waals surface area contributed by atoms with Crippen LogP contribution in [0.25, 0.3) is 0 Å². The van der Waals surface area contributed by atoms with Gasteiger partial charge in [0.05, 0.1) is 13.7 Å². The third-order valence-electron chi connectivity index (χ3n) is 3.35. The molecule has 19 heavy (non-hydrogen) atoms. The molecule has 2 amide bonds. The van der Waals surface area contributed by atoms with Gasteiger partial charge in [-0.25, -0.2) is 4.79 Å². The number of benzene rings is 1. The SMILES string of the molecule is COc1ccc(C(C)=O)cc1CN1CCN(C)C1=O. The molecule has 1 aliphatic rings. The predicted molar refractivity (Wildman–Crippen MR) is 71.4 cm³/mol. The van der Waals surface area contributed by atoms with Crippen LogP contribution in [0.15, 0.2) is 18.2 Å². The molecule has 5 heteroatoms. The highest BCUT2D eigenvalue weighted by Gasteiger charge is 2.26. The Hall–Kier alpha value is -2.04. The molecule has 0 aliphatic carbocycles. The molecule has 0 N–H and O–H groups in total. The van der Waals surface area contributed by atoms with E-state index in [2.05, 4.69) is 0 Å². The van der Waals surface area contributed by atoms with Crippen molar-refractivity contribution in [2.45, 2.75) is 13.5 Å². The molecule has 5 nitrogen and oxygen atoms in total. The molecule has 0 aromatic heterocycles. The number of hydrogen-bond donors (Lipinski definition) is 0. The van der Waals surface area contributed by atoms with E-state index in [0.717, 1.165) is 12.1 Å². The minimum atomic E-state index is 0.00812. The maximum absolute atomic E-state index is 11.9. The third-order valence-corrected chi connectivity index (χ3v) is 3.35. The van der Waals surface area contributed by atoms with E-state index < -0.39 is 0 Å². The Morgan fingerprint density at radius 3 is 2.63 bits per heavy atom. The van der Waals surface area contributed by atoms with Gasteiger partial charge >= 0.3 is 6.03 Å². The van der Waals surface area contributed by atoms with E-state index in [1.165, 1.54) is 6.92 Å². The van der Waals surface area contributed by atoms with Gasteiger partial charge in [0.2, 0.25) is 0 Å². The molecule has 1 fully saturated rings. The van der Waals surface area contributed by atoms with E-state index in [-0.39, 0.29) is 11.8 Å². The second kappa shape index (κ2) is 5.30. The standard InChI is InChI=1S/C14H18N2O3/c1-10(17)11-4-5-13(19-3)12(8-11)9-16-7-6-15(2)14(16)18/h4-5,8H,6-7,9H2,1-3H3. The van der Waals surface area contributed by atoms with E-state index >= 15 is 0 Å². The number of likely N-dealkylation sites (N-methyl/N-ethyl adjacent to an activating group) is 1. The lowest BCUT2D eigenvalue weighted by atomic mass is 10.1. The van der Waals surface area contributed by atoms with Crippen molar-refractivity contribution in [3.05, 3.63) is 29.3 Å². The maximum atomic E-state index is 11.9. The van der Waals surface area contributed by atoms with Crippen molar-refractivity contribution < 1.29 is 14.3 Å². The van der Waals surface area contributed by atoms with Crippen molar-refractivity contribution in [2.75, 3.05) is 27.2 Å². The van der Waals surface area contributed by atoms with Crippen LogP contribution in [0.2, 0.25) is 0 Å². The number of Topliss-reactive ketones (excluding diaryl/α,β-unsaturated/α-hetero) is 1. The maximum Gasteiger partial charge on any atom is 0.320 e. The number of amides is 2. The first-order valence-electron chi connectivity index (χ1n) is 6.21. The van der Waals surface area contributed by atoms with Crippen LogP contribution in [0.5, 0.6) is 5.75 Å². The zero-order chi connectivity index (χ0) is 14.0. The van der Waals surface area contributed by atoms with Gasteiger partial charge < -0.3 is 14.5 Å². The second-order valence-electron chi connectivity index (χ2n) is 4.71. The Kier molecular flexibility index (Phi) is 3.74. The van der Waals surface area contributed by atoms with E-state index in [4.69, 9.17) is 4.74 Å². The minimum Gasteiger partial charge on any atom is -0.496 e.